The average Bonchev–Trinajstić information content (AvgIpc) is 2.15. The molecule has 1 rings (SSSR count). The van der Waals surface area contributed by atoms with Crippen LogP contribution in [0.15, 0.2) is 28.2 Å². The van der Waals surface area contributed by atoms with E-state index < -0.39 is 15.5 Å². The van der Waals surface area contributed by atoms with E-state index in [1.165, 1.54) is 6.20 Å². The summed E-state index contributed by atoms with van der Waals surface area (Å²) in [4.78, 5) is 19.6. The summed E-state index contributed by atoms with van der Waals surface area (Å²) in [6.45, 7) is 1.81. The molecule has 0 fully saturated rings. The van der Waals surface area contributed by atoms with Crippen molar-refractivity contribution in [1.82, 2.24) is 9.87 Å². The number of aromatic nitrogens is 1. The van der Waals surface area contributed by atoms with Crippen LogP contribution in [0.25, 0.3) is 0 Å². The molecule has 6 nitrogen and oxygen atoms in total. The maximum absolute atomic E-state index is 11.4. The van der Waals surface area contributed by atoms with Crippen molar-refractivity contribution in [2.45, 2.75) is 11.8 Å². The monoisotopic (exact) mass is 218 g/mol. The molecule has 0 aliphatic heterocycles. The molecular formula is C7H10N2O4S. The molecule has 0 amide bonds. The predicted octanol–water partition coefficient (Wildman–Crippen LogP) is -0.395. The number of aromatic amines is 1. The number of nitrogens with one attached hydrogen (secondary N) is 2. The fraction of sp³-hybridized carbons (Fsp3) is 0.286. The Hall–Kier alpha value is -1.18. The van der Waals surface area contributed by atoms with Gasteiger partial charge in [-0.05, 0) is 6.92 Å². The second-order valence-electron chi connectivity index (χ2n) is 2.39. The van der Waals surface area contributed by atoms with Crippen molar-refractivity contribution in [3.8, 4) is 0 Å². The van der Waals surface area contributed by atoms with E-state index in [0.29, 0.717) is 0 Å². The molecule has 0 aromatic carbocycles. The predicted molar refractivity (Wildman–Crippen MR) is 49.0 cm³/mol. The minimum absolute atomic E-state index is 0.184. The van der Waals surface area contributed by atoms with Gasteiger partial charge < -0.3 is 4.98 Å². The van der Waals surface area contributed by atoms with Crippen molar-refractivity contribution in [2.24, 2.45) is 0 Å². The molecule has 14 heavy (non-hydrogen) atoms. The Bertz CT molecular complexity index is 451. The highest BCUT2D eigenvalue weighted by Gasteiger charge is 2.16. The largest absolute Gasteiger partial charge is 0.366 e. The van der Waals surface area contributed by atoms with Crippen LogP contribution in [0.3, 0.4) is 0 Å². The molecule has 0 atom stereocenters. The zero-order valence-corrected chi connectivity index (χ0v) is 8.30. The van der Waals surface area contributed by atoms with Crippen molar-refractivity contribution >= 4 is 10.0 Å². The molecule has 0 saturated carbocycles. The van der Waals surface area contributed by atoms with Crippen molar-refractivity contribution < 1.29 is 13.3 Å². The van der Waals surface area contributed by atoms with Crippen LogP contribution in [0, 0.1) is 0 Å². The van der Waals surface area contributed by atoms with Gasteiger partial charge in [-0.3, -0.25) is 9.63 Å². The van der Waals surface area contributed by atoms with Gasteiger partial charge in [0, 0.05) is 18.5 Å². The van der Waals surface area contributed by atoms with Crippen molar-refractivity contribution in [1.29, 1.82) is 0 Å². The molecule has 78 valence electrons. The molecule has 7 heteroatoms. The molecule has 0 saturated heterocycles. The van der Waals surface area contributed by atoms with Crippen molar-refractivity contribution in [3.05, 3.63) is 28.7 Å². The van der Waals surface area contributed by atoms with Crippen LogP contribution in [0.5, 0.6) is 0 Å². The molecule has 0 spiro atoms. The summed E-state index contributed by atoms with van der Waals surface area (Å²) in [6.07, 6.45) is 2.45. The number of sulfonamides is 1. The topological polar surface area (TPSA) is 88.3 Å². The number of H-pyrrole nitrogens is 1. The van der Waals surface area contributed by atoms with Gasteiger partial charge in [0.2, 0.25) is 5.43 Å². The summed E-state index contributed by atoms with van der Waals surface area (Å²) >= 11 is 0. The smallest absolute Gasteiger partial charge is 0.267 e. The Morgan fingerprint density at radius 2 is 2.29 bits per heavy atom. The summed E-state index contributed by atoms with van der Waals surface area (Å²) in [5.74, 6) is 0. The lowest BCUT2D eigenvalue weighted by Crippen LogP contribution is -2.28. The van der Waals surface area contributed by atoms with Gasteiger partial charge in [-0.1, -0.05) is 4.89 Å². The van der Waals surface area contributed by atoms with Crippen LogP contribution >= 0.6 is 0 Å². The zero-order valence-electron chi connectivity index (χ0n) is 7.48. The van der Waals surface area contributed by atoms with Crippen molar-refractivity contribution in [2.75, 3.05) is 6.61 Å². The lowest BCUT2D eigenvalue weighted by atomic mass is 10.5. The highest BCUT2D eigenvalue weighted by atomic mass is 32.2. The van der Waals surface area contributed by atoms with Gasteiger partial charge in [0.05, 0.1) is 6.61 Å². The fourth-order valence-electron chi connectivity index (χ4n) is 0.792. The van der Waals surface area contributed by atoms with E-state index in [1.807, 2.05) is 4.89 Å². The summed E-state index contributed by atoms with van der Waals surface area (Å²) in [7, 11) is -3.87. The third kappa shape index (κ3) is 2.41. The number of rotatable bonds is 4. The summed E-state index contributed by atoms with van der Waals surface area (Å²) < 4.78 is 22.7. The maximum Gasteiger partial charge on any atom is 0.267 e. The maximum atomic E-state index is 11.4. The number of hydrogen-bond donors (Lipinski definition) is 2. The highest BCUT2D eigenvalue weighted by Crippen LogP contribution is 1.98. The van der Waals surface area contributed by atoms with Crippen LogP contribution in [-0.4, -0.2) is 20.0 Å². The summed E-state index contributed by atoms with van der Waals surface area (Å²) in [5.41, 5.74) is -0.587. The van der Waals surface area contributed by atoms with E-state index in [4.69, 9.17) is 0 Å². The summed E-state index contributed by atoms with van der Waals surface area (Å²) in [6, 6.07) is 1.13. The van der Waals surface area contributed by atoms with Gasteiger partial charge in [0.15, 0.2) is 0 Å². The molecule has 0 aliphatic carbocycles. The van der Waals surface area contributed by atoms with E-state index >= 15 is 0 Å². The molecule has 0 unspecified atom stereocenters. The Kier molecular flexibility index (Phi) is 3.39. The van der Waals surface area contributed by atoms with Crippen LogP contribution in [-0.2, 0) is 14.9 Å². The van der Waals surface area contributed by atoms with Crippen LogP contribution in [0.1, 0.15) is 6.92 Å². The average molecular weight is 218 g/mol. The lowest BCUT2D eigenvalue weighted by molar-refractivity contribution is 0.105. The first kappa shape index (κ1) is 10.9. The molecule has 0 bridgehead atoms. The van der Waals surface area contributed by atoms with E-state index in [0.717, 1.165) is 12.3 Å². The molecule has 0 aliphatic rings. The van der Waals surface area contributed by atoms with E-state index in [2.05, 4.69) is 9.82 Å². The first-order chi connectivity index (χ1) is 6.58. The quantitative estimate of drug-likeness (QED) is 0.673. The third-order valence-corrected chi connectivity index (χ3v) is 2.63. The van der Waals surface area contributed by atoms with Crippen LogP contribution in [0.2, 0.25) is 0 Å². The molecular weight excluding hydrogens is 208 g/mol. The van der Waals surface area contributed by atoms with Crippen LogP contribution < -0.4 is 10.3 Å². The van der Waals surface area contributed by atoms with Gasteiger partial charge in [-0.2, -0.15) is 0 Å². The lowest BCUT2D eigenvalue weighted by Gasteiger charge is -2.03. The van der Waals surface area contributed by atoms with Gasteiger partial charge in [0.1, 0.15) is 4.90 Å². The molecule has 0 radical (unpaired) electrons. The van der Waals surface area contributed by atoms with Gasteiger partial charge >= 0.3 is 0 Å². The Morgan fingerprint density at radius 3 is 2.86 bits per heavy atom. The fourth-order valence-corrected chi connectivity index (χ4v) is 1.71. The Morgan fingerprint density at radius 1 is 1.57 bits per heavy atom. The standard InChI is InChI=1S/C7H10N2O4S/c1-2-13-9-14(11,12)7-5-8-4-3-6(7)10/h3-5,9H,2H2,1H3,(H,8,10). The van der Waals surface area contributed by atoms with E-state index in [9.17, 15) is 13.2 Å². The second kappa shape index (κ2) is 4.36. The van der Waals surface area contributed by atoms with Gasteiger partial charge in [-0.15, -0.1) is 0 Å². The molecule has 1 heterocycles. The second-order valence-corrected chi connectivity index (χ2v) is 4.01. The zero-order chi connectivity index (χ0) is 10.6. The third-order valence-electron chi connectivity index (χ3n) is 1.39. The SMILES string of the molecule is CCONS(=O)(=O)c1c[nH]ccc1=O. The highest BCUT2D eigenvalue weighted by molar-refractivity contribution is 7.89. The van der Waals surface area contributed by atoms with Gasteiger partial charge in [-0.25, -0.2) is 8.42 Å². The van der Waals surface area contributed by atoms with E-state index in [1.54, 1.807) is 6.92 Å². The minimum Gasteiger partial charge on any atom is -0.366 e. The van der Waals surface area contributed by atoms with Crippen molar-refractivity contribution in [3.63, 3.8) is 0 Å². The molecule has 1 aromatic heterocycles. The minimum atomic E-state index is -3.87. The first-order valence-electron chi connectivity index (χ1n) is 3.88. The van der Waals surface area contributed by atoms with E-state index in [-0.39, 0.29) is 11.5 Å². The molecule has 1 aromatic rings. The normalized spacial score (nSPS) is 11.5. The van der Waals surface area contributed by atoms with Gasteiger partial charge in [0.25, 0.3) is 10.0 Å². The first-order valence-corrected chi connectivity index (χ1v) is 5.37. The number of hydrogen-bond acceptors (Lipinski definition) is 4. The Balaban J connectivity index is 3.05. The number of pyridine rings is 1. The molecule has 2 N–H and O–H groups in total. The Labute approximate surface area is 80.9 Å². The van der Waals surface area contributed by atoms with Crippen LogP contribution in [0.4, 0.5) is 0 Å². The summed E-state index contributed by atoms with van der Waals surface area (Å²) in [5, 5.41) is 0.